The first-order valence-electron chi connectivity index (χ1n) is 5.32. The van der Waals surface area contributed by atoms with Gasteiger partial charge in [0.1, 0.15) is 6.61 Å². The van der Waals surface area contributed by atoms with E-state index in [0.29, 0.717) is 25.0 Å². The smallest absolute Gasteiger partial charge is 0.107 e. The minimum atomic E-state index is 0.135. The van der Waals surface area contributed by atoms with Crippen LogP contribution in [0.5, 0.6) is 0 Å². The van der Waals surface area contributed by atoms with Gasteiger partial charge in [0.25, 0.3) is 0 Å². The Labute approximate surface area is 91.0 Å². The molecule has 0 amide bonds. The minimum Gasteiger partial charge on any atom is -0.371 e. The third kappa shape index (κ3) is 1.99. The van der Waals surface area contributed by atoms with Crippen LogP contribution in [0.3, 0.4) is 0 Å². The van der Waals surface area contributed by atoms with E-state index in [4.69, 9.17) is 15.9 Å². The van der Waals surface area contributed by atoms with Gasteiger partial charge in [-0.15, -0.1) is 13.0 Å². The van der Waals surface area contributed by atoms with Gasteiger partial charge in [-0.25, -0.2) is 0 Å². The zero-order valence-corrected chi connectivity index (χ0v) is 8.76. The largest absolute Gasteiger partial charge is 0.371 e. The first kappa shape index (κ1) is 10.5. The molecule has 1 saturated carbocycles. The molecule has 2 nitrogen and oxygen atoms in total. The van der Waals surface area contributed by atoms with Crippen LogP contribution < -0.4 is 0 Å². The van der Waals surface area contributed by atoms with Crippen molar-refractivity contribution in [3.63, 3.8) is 0 Å². The number of ether oxygens (including phenoxy) is 2. The Hall–Kier alpha value is -1.04. The minimum absolute atomic E-state index is 0.135. The van der Waals surface area contributed by atoms with E-state index in [9.17, 15) is 0 Å². The lowest BCUT2D eigenvalue weighted by molar-refractivity contribution is -0.0612. The van der Waals surface area contributed by atoms with E-state index in [1.807, 2.05) is 0 Å². The maximum Gasteiger partial charge on any atom is 0.107 e. The van der Waals surface area contributed by atoms with Gasteiger partial charge >= 0.3 is 0 Å². The molecule has 0 radical (unpaired) electrons. The fraction of sp³-hybridized carbons (Fsp3) is 0.538. The first-order chi connectivity index (χ1) is 7.36. The van der Waals surface area contributed by atoms with Crippen molar-refractivity contribution in [2.24, 2.45) is 11.8 Å². The van der Waals surface area contributed by atoms with Crippen molar-refractivity contribution in [3.8, 4) is 12.3 Å². The van der Waals surface area contributed by atoms with E-state index >= 15 is 0 Å². The summed E-state index contributed by atoms with van der Waals surface area (Å²) in [7, 11) is 0. The molecule has 1 fully saturated rings. The highest BCUT2D eigenvalue weighted by molar-refractivity contribution is 5.16. The summed E-state index contributed by atoms with van der Waals surface area (Å²) in [6.45, 7) is 4.61. The molecule has 0 N–H and O–H groups in total. The van der Waals surface area contributed by atoms with Crippen LogP contribution >= 0.6 is 0 Å². The Bertz CT molecular complexity index is 300. The van der Waals surface area contributed by atoms with Crippen molar-refractivity contribution in [3.05, 3.63) is 24.8 Å². The lowest BCUT2D eigenvalue weighted by Gasteiger charge is -2.27. The normalized spacial score (nSPS) is 36.7. The fourth-order valence-corrected chi connectivity index (χ4v) is 2.49. The van der Waals surface area contributed by atoms with Gasteiger partial charge in [0.05, 0.1) is 18.8 Å². The van der Waals surface area contributed by atoms with Crippen LogP contribution in [0.15, 0.2) is 24.8 Å². The Balaban J connectivity index is 1.97. The molecule has 0 heterocycles. The van der Waals surface area contributed by atoms with Gasteiger partial charge in [-0.1, -0.05) is 24.1 Å². The van der Waals surface area contributed by atoms with Crippen LogP contribution in [0.25, 0.3) is 0 Å². The molecular weight excluding hydrogens is 188 g/mol. The van der Waals surface area contributed by atoms with Crippen LogP contribution in [0.4, 0.5) is 0 Å². The zero-order valence-electron chi connectivity index (χ0n) is 8.76. The summed E-state index contributed by atoms with van der Waals surface area (Å²) in [5.41, 5.74) is 0. The van der Waals surface area contributed by atoms with E-state index in [2.05, 4.69) is 24.7 Å². The number of hydrogen-bond donors (Lipinski definition) is 0. The molecule has 0 aromatic heterocycles. The average Bonchev–Trinajstić information content (AvgIpc) is 2.83. The summed E-state index contributed by atoms with van der Waals surface area (Å²) in [6, 6.07) is 0. The Morgan fingerprint density at radius 3 is 2.60 bits per heavy atom. The number of hydrogen-bond acceptors (Lipinski definition) is 2. The maximum absolute atomic E-state index is 5.73. The van der Waals surface area contributed by atoms with E-state index < -0.39 is 0 Å². The molecular formula is C13H16O2. The summed E-state index contributed by atoms with van der Waals surface area (Å²) in [4.78, 5) is 0. The molecule has 2 heteroatoms. The maximum atomic E-state index is 5.73. The van der Waals surface area contributed by atoms with E-state index in [1.165, 1.54) is 0 Å². The summed E-state index contributed by atoms with van der Waals surface area (Å²) < 4.78 is 11.4. The average molecular weight is 204 g/mol. The molecule has 0 aromatic rings. The standard InChI is InChI=1S/C13H16O2/c1-3-7-14-12-10-5-6-11(9-10)13(12)15-8-4-2/h1,4-6,10-13H,2,7-9H2/t10-,11+,12-,13+/m1/s1. The quantitative estimate of drug-likeness (QED) is 0.502. The Kier molecular flexibility index (Phi) is 3.25. The first-order valence-corrected chi connectivity index (χ1v) is 5.32. The molecule has 0 aliphatic heterocycles. The zero-order chi connectivity index (χ0) is 10.7. The van der Waals surface area contributed by atoms with Crippen molar-refractivity contribution in [1.82, 2.24) is 0 Å². The van der Waals surface area contributed by atoms with Gasteiger partial charge in [-0.2, -0.15) is 0 Å². The Morgan fingerprint density at radius 1 is 1.33 bits per heavy atom. The topological polar surface area (TPSA) is 18.5 Å². The van der Waals surface area contributed by atoms with E-state index in [0.717, 1.165) is 6.42 Å². The molecule has 80 valence electrons. The van der Waals surface area contributed by atoms with Crippen LogP contribution in [-0.4, -0.2) is 25.4 Å². The van der Waals surface area contributed by atoms with Crippen molar-refractivity contribution in [2.75, 3.05) is 13.2 Å². The van der Waals surface area contributed by atoms with Gasteiger partial charge in [-0.05, 0) is 6.42 Å². The highest BCUT2D eigenvalue weighted by Gasteiger charge is 2.45. The number of fused-ring (bicyclic) bond motifs is 2. The second-order valence-corrected chi connectivity index (χ2v) is 4.01. The molecule has 15 heavy (non-hydrogen) atoms. The summed E-state index contributed by atoms with van der Waals surface area (Å²) in [5, 5.41) is 0. The molecule has 0 saturated heterocycles. The van der Waals surface area contributed by atoms with Crippen molar-refractivity contribution in [2.45, 2.75) is 18.6 Å². The summed E-state index contributed by atoms with van der Waals surface area (Å²) in [6.07, 6.45) is 12.9. The van der Waals surface area contributed by atoms with Crippen LogP contribution in [-0.2, 0) is 9.47 Å². The molecule has 0 unspecified atom stereocenters. The molecule has 4 atom stereocenters. The van der Waals surface area contributed by atoms with Crippen LogP contribution in [0.2, 0.25) is 0 Å². The fourth-order valence-electron chi connectivity index (χ4n) is 2.49. The van der Waals surface area contributed by atoms with E-state index in [1.54, 1.807) is 6.08 Å². The number of rotatable bonds is 5. The monoisotopic (exact) mass is 204 g/mol. The molecule has 0 aromatic carbocycles. The predicted octanol–water partition coefficient (Wildman–Crippen LogP) is 1.78. The lowest BCUT2D eigenvalue weighted by atomic mass is 10.0. The molecule has 2 aliphatic carbocycles. The van der Waals surface area contributed by atoms with Gasteiger partial charge in [0.2, 0.25) is 0 Å². The Morgan fingerprint density at radius 2 is 2.00 bits per heavy atom. The van der Waals surface area contributed by atoms with Gasteiger partial charge in [-0.3, -0.25) is 0 Å². The van der Waals surface area contributed by atoms with Crippen molar-refractivity contribution < 1.29 is 9.47 Å². The molecule has 2 bridgehead atoms. The summed E-state index contributed by atoms with van der Waals surface area (Å²) in [5.74, 6) is 3.49. The number of terminal acetylenes is 1. The summed E-state index contributed by atoms with van der Waals surface area (Å²) >= 11 is 0. The van der Waals surface area contributed by atoms with Gasteiger partial charge in [0, 0.05) is 11.8 Å². The third-order valence-corrected chi connectivity index (χ3v) is 3.08. The second kappa shape index (κ2) is 4.65. The van der Waals surface area contributed by atoms with Gasteiger partial charge in [0.15, 0.2) is 0 Å². The van der Waals surface area contributed by atoms with Crippen molar-refractivity contribution in [1.29, 1.82) is 0 Å². The van der Waals surface area contributed by atoms with Gasteiger partial charge < -0.3 is 9.47 Å². The molecule has 0 spiro atoms. The molecule has 2 rings (SSSR count). The SMILES string of the molecule is C#CCO[C@H]1[C@@H](OCC=C)[C@H]2C=C[C@@H]1C2. The van der Waals surface area contributed by atoms with Crippen LogP contribution in [0, 0.1) is 24.2 Å². The second-order valence-electron chi connectivity index (χ2n) is 4.01. The van der Waals surface area contributed by atoms with Crippen molar-refractivity contribution >= 4 is 0 Å². The lowest BCUT2D eigenvalue weighted by Crippen LogP contribution is -2.35. The van der Waals surface area contributed by atoms with Crippen LogP contribution in [0.1, 0.15) is 6.42 Å². The van der Waals surface area contributed by atoms with E-state index in [-0.39, 0.29) is 12.2 Å². The third-order valence-electron chi connectivity index (χ3n) is 3.08. The highest BCUT2D eigenvalue weighted by atomic mass is 16.5. The molecule has 2 aliphatic rings. The predicted molar refractivity (Wildman–Crippen MR) is 59.2 cm³/mol. The highest BCUT2D eigenvalue weighted by Crippen LogP contribution is 2.42.